The van der Waals surface area contributed by atoms with Crippen molar-refractivity contribution in [1.82, 2.24) is 14.8 Å². The molecule has 0 radical (unpaired) electrons. The number of hydrogen-bond acceptors (Lipinski definition) is 3. The summed E-state index contributed by atoms with van der Waals surface area (Å²) >= 11 is 0. The van der Waals surface area contributed by atoms with Crippen LogP contribution in [0.15, 0.2) is 18.5 Å². The first-order chi connectivity index (χ1) is 8.00. The Morgan fingerprint density at radius 2 is 2.18 bits per heavy atom. The highest BCUT2D eigenvalue weighted by Gasteiger charge is 2.20. The second kappa shape index (κ2) is 3.97. The molecule has 0 aliphatic carbocycles. The number of hydrogen-bond donors (Lipinski definition) is 1. The lowest BCUT2D eigenvalue weighted by Gasteiger charge is -2.01. The number of halogens is 1. The first-order valence-corrected chi connectivity index (χ1v) is 4.88. The molecule has 5 nitrogen and oxygen atoms in total. The maximum absolute atomic E-state index is 13.1. The quantitative estimate of drug-likeness (QED) is 0.858. The molecule has 0 bridgehead atoms. The van der Waals surface area contributed by atoms with E-state index in [1.54, 1.807) is 14.0 Å². The van der Waals surface area contributed by atoms with Crippen LogP contribution >= 0.6 is 0 Å². The number of rotatable bonds is 2. The predicted molar refractivity (Wildman–Crippen MR) is 58.1 cm³/mol. The predicted octanol–water partition coefficient (Wildman–Crippen LogP) is 1.63. The van der Waals surface area contributed by atoms with Gasteiger partial charge in [0.15, 0.2) is 5.69 Å². The van der Waals surface area contributed by atoms with Gasteiger partial charge in [-0.05, 0) is 13.0 Å². The van der Waals surface area contributed by atoms with E-state index < -0.39 is 11.8 Å². The zero-order chi connectivity index (χ0) is 12.6. The lowest BCUT2D eigenvalue weighted by molar-refractivity contribution is 0.0690. The largest absolute Gasteiger partial charge is 0.476 e. The molecule has 2 aromatic heterocycles. The Bertz CT molecular complexity index is 592. The fraction of sp³-hybridized carbons (Fsp3) is 0.182. The number of nitrogens with zero attached hydrogens (tertiary/aromatic N) is 3. The van der Waals surface area contributed by atoms with Crippen molar-refractivity contribution in [3.63, 3.8) is 0 Å². The van der Waals surface area contributed by atoms with E-state index in [1.807, 2.05) is 0 Å². The van der Waals surface area contributed by atoms with Gasteiger partial charge in [-0.3, -0.25) is 9.67 Å². The van der Waals surface area contributed by atoms with Crippen LogP contribution in [0.3, 0.4) is 0 Å². The zero-order valence-corrected chi connectivity index (χ0v) is 9.31. The number of carboxylic acids is 1. The standard InChI is InChI=1S/C11H10FN3O2/c1-6-9(7-3-8(12)5-13-4-7)10(11(16)17)14-15(6)2/h3-5H,1-2H3,(H,16,17). The number of carboxylic acid groups (broad SMARTS) is 1. The van der Waals surface area contributed by atoms with Crippen LogP contribution in [0.1, 0.15) is 16.2 Å². The molecule has 6 heteroatoms. The van der Waals surface area contributed by atoms with E-state index in [1.165, 1.54) is 16.9 Å². The van der Waals surface area contributed by atoms with E-state index in [4.69, 9.17) is 5.11 Å². The number of aryl methyl sites for hydroxylation is 1. The third-order valence-corrected chi connectivity index (χ3v) is 2.53. The number of aromatic nitrogens is 3. The van der Waals surface area contributed by atoms with Gasteiger partial charge >= 0.3 is 5.97 Å². The van der Waals surface area contributed by atoms with Crippen molar-refractivity contribution in [3.8, 4) is 11.1 Å². The third-order valence-electron chi connectivity index (χ3n) is 2.53. The van der Waals surface area contributed by atoms with Gasteiger partial charge in [0.25, 0.3) is 0 Å². The summed E-state index contributed by atoms with van der Waals surface area (Å²) in [5, 5.41) is 12.9. The molecule has 0 spiro atoms. The van der Waals surface area contributed by atoms with Gasteiger partial charge in [-0.15, -0.1) is 0 Å². The molecule has 0 aromatic carbocycles. The Balaban J connectivity index is 2.70. The highest BCUT2D eigenvalue weighted by atomic mass is 19.1. The van der Waals surface area contributed by atoms with Crippen molar-refractivity contribution >= 4 is 5.97 Å². The molecule has 0 aliphatic rings. The van der Waals surface area contributed by atoms with Gasteiger partial charge in [0.1, 0.15) is 5.82 Å². The fourth-order valence-electron chi connectivity index (χ4n) is 1.65. The van der Waals surface area contributed by atoms with E-state index in [2.05, 4.69) is 10.1 Å². The average Bonchev–Trinajstić information content (AvgIpc) is 2.56. The molecule has 1 N–H and O–H groups in total. The minimum atomic E-state index is -1.15. The number of aromatic carboxylic acids is 1. The number of pyridine rings is 1. The van der Waals surface area contributed by atoms with Crippen molar-refractivity contribution in [2.24, 2.45) is 7.05 Å². The van der Waals surface area contributed by atoms with Crippen LogP contribution in [0, 0.1) is 12.7 Å². The van der Waals surface area contributed by atoms with Crippen LogP contribution in [0.2, 0.25) is 0 Å². The van der Waals surface area contributed by atoms with Crippen molar-refractivity contribution < 1.29 is 14.3 Å². The highest BCUT2D eigenvalue weighted by molar-refractivity contribution is 5.94. The molecule has 0 aliphatic heterocycles. The van der Waals surface area contributed by atoms with E-state index in [9.17, 15) is 9.18 Å². The molecule has 0 saturated heterocycles. The fourth-order valence-corrected chi connectivity index (χ4v) is 1.65. The highest BCUT2D eigenvalue weighted by Crippen LogP contribution is 2.26. The van der Waals surface area contributed by atoms with Gasteiger partial charge in [-0.25, -0.2) is 9.18 Å². The van der Waals surface area contributed by atoms with E-state index in [0.717, 1.165) is 6.20 Å². The van der Waals surface area contributed by atoms with Crippen LogP contribution in [0.4, 0.5) is 4.39 Å². The lowest BCUT2D eigenvalue weighted by Crippen LogP contribution is -2.00. The summed E-state index contributed by atoms with van der Waals surface area (Å²) in [6.07, 6.45) is 2.48. The van der Waals surface area contributed by atoms with Crippen molar-refractivity contribution in [3.05, 3.63) is 35.7 Å². The molecule has 0 amide bonds. The summed E-state index contributed by atoms with van der Waals surface area (Å²) in [7, 11) is 1.64. The second-order valence-corrected chi connectivity index (χ2v) is 3.63. The third kappa shape index (κ3) is 1.89. The Labute approximate surface area is 96.5 Å². The van der Waals surface area contributed by atoms with Crippen LogP contribution in [-0.2, 0) is 7.05 Å². The Morgan fingerprint density at radius 3 is 2.76 bits per heavy atom. The summed E-state index contributed by atoms with van der Waals surface area (Å²) in [5.74, 6) is -1.66. The summed E-state index contributed by atoms with van der Waals surface area (Å²) in [5.41, 5.74) is 1.35. The Morgan fingerprint density at radius 1 is 1.47 bits per heavy atom. The van der Waals surface area contributed by atoms with Crippen LogP contribution in [0.5, 0.6) is 0 Å². The SMILES string of the molecule is Cc1c(-c2cncc(F)c2)c(C(=O)O)nn1C. The van der Waals surface area contributed by atoms with Gasteiger partial charge in [0.05, 0.1) is 6.20 Å². The smallest absolute Gasteiger partial charge is 0.357 e. The topological polar surface area (TPSA) is 68.0 Å². The maximum Gasteiger partial charge on any atom is 0.357 e. The van der Waals surface area contributed by atoms with Gasteiger partial charge in [0, 0.05) is 30.1 Å². The van der Waals surface area contributed by atoms with E-state index >= 15 is 0 Å². The Kier molecular flexibility index (Phi) is 2.63. The minimum absolute atomic E-state index is 0.0996. The number of carbonyl (C=O) groups is 1. The molecule has 2 heterocycles. The summed E-state index contributed by atoms with van der Waals surface area (Å²) < 4.78 is 14.5. The second-order valence-electron chi connectivity index (χ2n) is 3.63. The molecule has 0 unspecified atom stereocenters. The van der Waals surface area contributed by atoms with Crippen molar-refractivity contribution in [1.29, 1.82) is 0 Å². The van der Waals surface area contributed by atoms with Gasteiger partial charge in [-0.1, -0.05) is 0 Å². The van der Waals surface area contributed by atoms with Crippen LogP contribution < -0.4 is 0 Å². The van der Waals surface area contributed by atoms with E-state index in [0.29, 0.717) is 16.8 Å². The first kappa shape index (κ1) is 11.3. The summed E-state index contributed by atoms with van der Waals surface area (Å²) in [4.78, 5) is 14.8. The van der Waals surface area contributed by atoms with Crippen molar-refractivity contribution in [2.75, 3.05) is 0 Å². The normalized spacial score (nSPS) is 10.5. The lowest BCUT2D eigenvalue weighted by atomic mass is 10.1. The molecule has 17 heavy (non-hydrogen) atoms. The van der Waals surface area contributed by atoms with Crippen molar-refractivity contribution in [2.45, 2.75) is 6.92 Å². The molecule has 88 valence electrons. The maximum atomic E-state index is 13.1. The first-order valence-electron chi connectivity index (χ1n) is 4.88. The molecular weight excluding hydrogens is 225 g/mol. The molecular formula is C11H10FN3O2. The zero-order valence-electron chi connectivity index (χ0n) is 9.31. The Hall–Kier alpha value is -2.24. The molecule has 0 atom stereocenters. The van der Waals surface area contributed by atoms with Gasteiger partial charge < -0.3 is 5.11 Å². The molecule has 0 fully saturated rings. The molecule has 2 aromatic rings. The van der Waals surface area contributed by atoms with Gasteiger partial charge in [-0.2, -0.15) is 5.10 Å². The molecule has 0 saturated carbocycles. The monoisotopic (exact) mass is 235 g/mol. The van der Waals surface area contributed by atoms with Crippen LogP contribution in [-0.4, -0.2) is 25.8 Å². The van der Waals surface area contributed by atoms with Crippen LogP contribution in [0.25, 0.3) is 11.1 Å². The molecule has 2 rings (SSSR count). The van der Waals surface area contributed by atoms with E-state index in [-0.39, 0.29) is 5.69 Å². The summed E-state index contributed by atoms with van der Waals surface area (Å²) in [6, 6.07) is 1.24. The minimum Gasteiger partial charge on any atom is -0.476 e. The average molecular weight is 235 g/mol. The summed E-state index contributed by atoms with van der Waals surface area (Å²) in [6.45, 7) is 1.72. The van der Waals surface area contributed by atoms with Gasteiger partial charge in [0.2, 0.25) is 0 Å².